The van der Waals surface area contributed by atoms with Gasteiger partial charge >= 0.3 is 0 Å². The minimum Gasteiger partial charge on any atom is -0.453 e. The molecule has 0 bridgehead atoms. The molecular formula is C14H13ClN2O2. The lowest BCUT2D eigenvalue weighted by atomic mass is 10.1. The molecule has 2 heterocycles. The van der Waals surface area contributed by atoms with Crippen molar-refractivity contribution in [1.29, 1.82) is 0 Å². The molecule has 4 nitrogen and oxygen atoms in total. The normalized spacial score (nSPS) is 13.0. The van der Waals surface area contributed by atoms with Crippen LogP contribution in [0.5, 0.6) is 0 Å². The summed E-state index contributed by atoms with van der Waals surface area (Å²) in [5.41, 5.74) is 2.56. The molecule has 0 amide bonds. The lowest BCUT2D eigenvalue weighted by Crippen LogP contribution is -2.06. The average molecular weight is 277 g/mol. The largest absolute Gasteiger partial charge is 0.453 e. The van der Waals surface area contributed by atoms with Crippen LogP contribution in [0, 0.1) is 0 Å². The van der Waals surface area contributed by atoms with Gasteiger partial charge in [0.25, 0.3) is 0 Å². The molecule has 1 unspecified atom stereocenters. The highest BCUT2D eigenvalue weighted by Gasteiger charge is 2.18. The Balaban J connectivity index is 1.93. The summed E-state index contributed by atoms with van der Waals surface area (Å²) >= 11 is 5.87. The minimum absolute atomic E-state index is 0.228. The van der Waals surface area contributed by atoms with E-state index in [4.69, 9.17) is 16.0 Å². The van der Waals surface area contributed by atoms with Crippen molar-refractivity contribution in [2.75, 3.05) is 0 Å². The zero-order valence-electron chi connectivity index (χ0n) is 10.4. The third-order valence-corrected chi connectivity index (χ3v) is 3.57. The van der Waals surface area contributed by atoms with Crippen molar-refractivity contribution in [3.63, 3.8) is 0 Å². The van der Waals surface area contributed by atoms with Crippen LogP contribution >= 0.6 is 11.6 Å². The number of furan rings is 1. The van der Waals surface area contributed by atoms with Gasteiger partial charge in [-0.25, -0.2) is 4.98 Å². The number of aryl methyl sites for hydroxylation is 1. The molecule has 0 aliphatic rings. The van der Waals surface area contributed by atoms with Crippen LogP contribution in [0.3, 0.4) is 0 Å². The van der Waals surface area contributed by atoms with Crippen LogP contribution in [0.15, 0.2) is 41.0 Å². The SMILES string of the molecule is Cn1c(CC(O)c2ccoc2Cl)nc2ccccc21. The predicted octanol–water partition coefficient (Wildman–Crippen LogP) is 3.10. The van der Waals surface area contributed by atoms with E-state index in [1.807, 2.05) is 35.9 Å². The Hall–Kier alpha value is -1.78. The van der Waals surface area contributed by atoms with Gasteiger partial charge in [-0.2, -0.15) is 0 Å². The molecule has 0 aliphatic heterocycles. The van der Waals surface area contributed by atoms with Gasteiger partial charge in [-0.05, 0) is 29.8 Å². The Morgan fingerprint density at radius 2 is 2.16 bits per heavy atom. The maximum atomic E-state index is 10.2. The minimum atomic E-state index is -0.721. The molecule has 0 spiro atoms. The zero-order valence-corrected chi connectivity index (χ0v) is 11.1. The number of aliphatic hydroxyl groups excluding tert-OH is 1. The van der Waals surface area contributed by atoms with Crippen LogP contribution < -0.4 is 0 Å². The molecule has 1 atom stereocenters. The Kier molecular flexibility index (Phi) is 3.05. The highest BCUT2D eigenvalue weighted by Crippen LogP contribution is 2.27. The van der Waals surface area contributed by atoms with E-state index in [2.05, 4.69) is 4.98 Å². The van der Waals surface area contributed by atoms with Crippen molar-refractivity contribution in [2.45, 2.75) is 12.5 Å². The Morgan fingerprint density at radius 1 is 1.37 bits per heavy atom. The molecule has 1 N–H and O–H groups in total. The van der Waals surface area contributed by atoms with Crippen LogP contribution in [-0.4, -0.2) is 14.7 Å². The molecule has 98 valence electrons. The fraction of sp³-hybridized carbons (Fsp3) is 0.214. The van der Waals surface area contributed by atoms with E-state index in [-0.39, 0.29) is 5.22 Å². The van der Waals surface area contributed by atoms with Gasteiger partial charge in [0.1, 0.15) is 5.82 Å². The van der Waals surface area contributed by atoms with Gasteiger partial charge in [0.05, 0.1) is 23.4 Å². The summed E-state index contributed by atoms with van der Waals surface area (Å²) in [7, 11) is 1.94. The highest BCUT2D eigenvalue weighted by atomic mass is 35.5. The average Bonchev–Trinajstić information content (AvgIpc) is 2.95. The summed E-state index contributed by atoms with van der Waals surface area (Å²) in [6.45, 7) is 0. The number of benzene rings is 1. The van der Waals surface area contributed by atoms with Gasteiger partial charge in [-0.3, -0.25) is 0 Å². The summed E-state index contributed by atoms with van der Waals surface area (Å²) in [5, 5.41) is 10.4. The highest BCUT2D eigenvalue weighted by molar-refractivity contribution is 6.29. The monoisotopic (exact) mass is 276 g/mol. The fourth-order valence-electron chi connectivity index (χ4n) is 2.20. The summed E-state index contributed by atoms with van der Waals surface area (Å²) in [6, 6.07) is 9.55. The molecule has 0 fully saturated rings. The molecule has 0 radical (unpaired) electrons. The van der Waals surface area contributed by atoms with Crippen LogP contribution in [0.1, 0.15) is 17.5 Å². The standard InChI is InChI=1S/C14H13ClN2O2/c1-17-11-5-3-2-4-10(11)16-13(17)8-12(18)9-6-7-19-14(9)15/h2-7,12,18H,8H2,1H3. The number of imidazole rings is 1. The third kappa shape index (κ3) is 2.13. The molecule has 0 saturated heterocycles. The van der Waals surface area contributed by atoms with Gasteiger partial charge in [-0.15, -0.1) is 0 Å². The summed E-state index contributed by atoms with van der Waals surface area (Å²) < 4.78 is 6.97. The third-order valence-electron chi connectivity index (χ3n) is 3.26. The summed E-state index contributed by atoms with van der Waals surface area (Å²) in [6.07, 6.45) is 1.14. The lowest BCUT2D eigenvalue weighted by molar-refractivity contribution is 0.174. The van der Waals surface area contributed by atoms with E-state index >= 15 is 0 Å². The number of aliphatic hydroxyl groups is 1. The van der Waals surface area contributed by atoms with Crippen LogP contribution in [-0.2, 0) is 13.5 Å². The summed E-state index contributed by atoms with van der Waals surface area (Å²) in [4.78, 5) is 4.52. The van der Waals surface area contributed by atoms with E-state index in [0.717, 1.165) is 16.9 Å². The second-order valence-corrected chi connectivity index (χ2v) is 4.79. The van der Waals surface area contributed by atoms with Gasteiger partial charge in [0.2, 0.25) is 0 Å². The Labute approximate surface area is 115 Å². The maximum Gasteiger partial charge on any atom is 0.198 e. The van der Waals surface area contributed by atoms with Crippen molar-refractivity contribution in [3.8, 4) is 0 Å². The number of aromatic nitrogens is 2. The van der Waals surface area contributed by atoms with E-state index in [1.165, 1.54) is 6.26 Å². The number of rotatable bonds is 3. The molecular weight excluding hydrogens is 264 g/mol. The molecule has 2 aromatic heterocycles. The molecule has 3 aromatic rings. The van der Waals surface area contributed by atoms with Crippen molar-refractivity contribution in [1.82, 2.24) is 9.55 Å². The molecule has 3 rings (SSSR count). The number of hydrogen-bond donors (Lipinski definition) is 1. The van der Waals surface area contributed by atoms with Crippen LogP contribution in [0.2, 0.25) is 5.22 Å². The quantitative estimate of drug-likeness (QED) is 0.800. The lowest BCUT2D eigenvalue weighted by Gasteiger charge is -2.08. The number of hydrogen-bond acceptors (Lipinski definition) is 3. The first-order chi connectivity index (χ1) is 9.16. The second-order valence-electron chi connectivity index (χ2n) is 4.45. The Morgan fingerprint density at radius 3 is 2.84 bits per heavy atom. The topological polar surface area (TPSA) is 51.2 Å². The number of para-hydroxylation sites is 2. The molecule has 0 saturated carbocycles. The van der Waals surface area contributed by atoms with E-state index in [0.29, 0.717) is 12.0 Å². The fourth-order valence-corrected chi connectivity index (χ4v) is 2.44. The zero-order chi connectivity index (χ0) is 13.4. The first-order valence-electron chi connectivity index (χ1n) is 5.98. The number of nitrogens with zero attached hydrogens (tertiary/aromatic N) is 2. The smallest absolute Gasteiger partial charge is 0.198 e. The van der Waals surface area contributed by atoms with E-state index < -0.39 is 6.10 Å². The van der Waals surface area contributed by atoms with Crippen LogP contribution in [0.25, 0.3) is 11.0 Å². The van der Waals surface area contributed by atoms with E-state index in [9.17, 15) is 5.11 Å². The van der Waals surface area contributed by atoms with Gasteiger partial charge in [-0.1, -0.05) is 12.1 Å². The van der Waals surface area contributed by atoms with Gasteiger partial charge in [0.15, 0.2) is 5.22 Å². The maximum absolute atomic E-state index is 10.2. The predicted molar refractivity (Wildman–Crippen MR) is 73.1 cm³/mol. The molecule has 19 heavy (non-hydrogen) atoms. The van der Waals surface area contributed by atoms with Crippen molar-refractivity contribution < 1.29 is 9.52 Å². The van der Waals surface area contributed by atoms with Crippen LogP contribution in [0.4, 0.5) is 0 Å². The van der Waals surface area contributed by atoms with Gasteiger partial charge < -0.3 is 14.1 Å². The number of halogens is 1. The van der Waals surface area contributed by atoms with E-state index in [1.54, 1.807) is 6.07 Å². The number of fused-ring (bicyclic) bond motifs is 1. The first kappa shape index (κ1) is 12.3. The summed E-state index contributed by atoms with van der Waals surface area (Å²) in [5.74, 6) is 0.811. The van der Waals surface area contributed by atoms with Gasteiger partial charge in [0, 0.05) is 19.0 Å². The molecule has 5 heteroatoms. The van der Waals surface area contributed by atoms with Crippen molar-refractivity contribution in [2.24, 2.45) is 7.05 Å². The van der Waals surface area contributed by atoms with Crippen molar-refractivity contribution >= 4 is 22.6 Å². The first-order valence-corrected chi connectivity index (χ1v) is 6.36. The Bertz CT molecular complexity index is 717. The molecule has 1 aromatic carbocycles. The molecule has 0 aliphatic carbocycles. The second kappa shape index (κ2) is 4.72. The van der Waals surface area contributed by atoms with Crippen molar-refractivity contribution in [3.05, 3.63) is 53.2 Å².